The first-order chi connectivity index (χ1) is 11.6. The maximum Gasteiger partial charge on any atom is 0.131 e. The van der Waals surface area contributed by atoms with Gasteiger partial charge in [0.15, 0.2) is 0 Å². The van der Waals surface area contributed by atoms with Gasteiger partial charge in [0.25, 0.3) is 0 Å². The predicted molar refractivity (Wildman–Crippen MR) is 96.5 cm³/mol. The van der Waals surface area contributed by atoms with E-state index in [0.29, 0.717) is 5.82 Å². The topological polar surface area (TPSA) is 60.6 Å². The summed E-state index contributed by atoms with van der Waals surface area (Å²) in [7, 11) is 3.79. The smallest absolute Gasteiger partial charge is 0.131 e. The number of likely N-dealkylation sites (tertiary alicyclic amines) is 1. The monoisotopic (exact) mass is 327 g/mol. The number of likely N-dealkylation sites (N-methyl/N-ethyl adjacent to an activating group) is 1. The molecule has 1 aromatic carbocycles. The summed E-state index contributed by atoms with van der Waals surface area (Å²) in [6.45, 7) is 4.17. The number of rotatable bonds is 5. The summed E-state index contributed by atoms with van der Waals surface area (Å²) in [6.07, 6.45) is 2.18. The van der Waals surface area contributed by atoms with E-state index in [1.165, 1.54) is 0 Å². The maximum absolute atomic E-state index is 6.26. The van der Waals surface area contributed by atoms with Crippen molar-refractivity contribution in [1.29, 1.82) is 0 Å². The van der Waals surface area contributed by atoms with Gasteiger partial charge in [-0.15, -0.1) is 0 Å². The largest absolute Gasteiger partial charge is 0.496 e. The Morgan fingerprint density at radius 3 is 2.75 bits per heavy atom. The van der Waals surface area contributed by atoms with Gasteiger partial charge in [0, 0.05) is 24.7 Å². The van der Waals surface area contributed by atoms with Crippen LogP contribution in [-0.2, 0) is 6.42 Å². The number of anilines is 1. The molecule has 0 aliphatic carbocycles. The number of hydrogen-bond acceptors (Lipinski definition) is 5. The summed E-state index contributed by atoms with van der Waals surface area (Å²) in [5.74, 6) is 2.16. The SMILES string of the molecule is CCc1cc(-c2cccc(N)n2)c(OC)cc1OC1CCN(C)C1. The number of methoxy groups -OCH3 is 1. The Balaban J connectivity index is 1.97. The third-order valence-corrected chi connectivity index (χ3v) is 4.45. The zero-order chi connectivity index (χ0) is 17.1. The van der Waals surface area contributed by atoms with Gasteiger partial charge in [-0.1, -0.05) is 13.0 Å². The van der Waals surface area contributed by atoms with E-state index in [4.69, 9.17) is 15.2 Å². The molecule has 1 atom stereocenters. The molecule has 0 bridgehead atoms. The van der Waals surface area contributed by atoms with Crippen LogP contribution in [-0.4, -0.2) is 43.2 Å². The molecule has 5 heteroatoms. The summed E-state index contributed by atoms with van der Waals surface area (Å²) < 4.78 is 11.9. The van der Waals surface area contributed by atoms with Crippen LogP contribution in [0.1, 0.15) is 18.9 Å². The summed E-state index contributed by atoms with van der Waals surface area (Å²) in [5.41, 5.74) is 8.74. The Morgan fingerprint density at radius 1 is 1.29 bits per heavy atom. The van der Waals surface area contributed by atoms with Gasteiger partial charge in [-0.05, 0) is 43.7 Å². The van der Waals surface area contributed by atoms with Gasteiger partial charge in [-0.25, -0.2) is 4.98 Å². The van der Waals surface area contributed by atoms with Crippen LogP contribution in [0.3, 0.4) is 0 Å². The van der Waals surface area contributed by atoms with Crippen molar-refractivity contribution in [2.75, 3.05) is 33.0 Å². The van der Waals surface area contributed by atoms with Crippen molar-refractivity contribution < 1.29 is 9.47 Å². The van der Waals surface area contributed by atoms with Crippen molar-refractivity contribution in [1.82, 2.24) is 9.88 Å². The molecule has 0 spiro atoms. The van der Waals surface area contributed by atoms with E-state index in [9.17, 15) is 0 Å². The van der Waals surface area contributed by atoms with E-state index in [-0.39, 0.29) is 6.10 Å². The molecule has 1 saturated heterocycles. The first-order valence-electron chi connectivity index (χ1n) is 8.39. The molecule has 1 aliphatic heterocycles. The molecule has 0 radical (unpaired) electrons. The summed E-state index contributed by atoms with van der Waals surface area (Å²) in [4.78, 5) is 6.71. The molecule has 2 N–H and O–H groups in total. The Bertz CT molecular complexity index is 718. The van der Waals surface area contributed by atoms with Crippen molar-refractivity contribution in [3.05, 3.63) is 35.9 Å². The molecule has 2 aromatic rings. The molecule has 5 nitrogen and oxygen atoms in total. The average Bonchev–Trinajstić information content (AvgIpc) is 2.99. The van der Waals surface area contributed by atoms with Crippen LogP contribution in [0.4, 0.5) is 5.82 Å². The van der Waals surface area contributed by atoms with Crippen molar-refractivity contribution in [3.8, 4) is 22.8 Å². The molecule has 128 valence electrons. The fourth-order valence-corrected chi connectivity index (χ4v) is 3.13. The van der Waals surface area contributed by atoms with E-state index in [1.54, 1.807) is 13.2 Å². The maximum atomic E-state index is 6.26. The van der Waals surface area contributed by atoms with Crippen LogP contribution < -0.4 is 15.2 Å². The molecule has 0 saturated carbocycles. The number of pyridine rings is 1. The third kappa shape index (κ3) is 3.46. The van der Waals surface area contributed by atoms with Gasteiger partial charge in [0.2, 0.25) is 0 Å². The van der Waals surface area contributed by atoms with E-state index >= 15 is 0 Å². The molecule has 0 amide bonds. The van der Waals surface area contributed by atoms with E-state index < -0.39 is 0 Å². The van der Waals surface area contributed by atoms with Crippen molar-refractivity contribution in [2.24, 2.45) is 0 Å². The van der Waals surface area contributed by atoms with Crippen molar-refractivity contribution in [2.45, 2.75) is 25.9 Å². The molecular weight excluding hydrogens is 302 g/mol. The number of nitrogens with two attached hydrogens (primary N) is 1. The molecule has 1 fully saturated rings. The Labute approximate surface area is 143 Å². The van der Waals surface area contributed by atoms with E-state index in [2.05, 4.69) is 29.9 Å². The Kier molecular flexibility index (Phi) is 4.90. The lowest BCUT2D eigenvalue weighted by molar-refractivity contribution is 0.205. The number of aromatic nitrogens is 1. The highest BCUT2D eigenvalue weighted by Gasteiger charge is 2.23. The highest BCUT2D eigenvalue weighted by atomic mass is 16.5. The van der Waals surface area contributed by atoms with Crippen LogP contribution in [0.15, 0.2) is 30.3 Å². The minimum absolute atomic E-state index is 0.237. The fourth-order valence-electron chi connectivity index (χ4n) is 3.13. The molecule has 1 unspecified atom stereocenters. The third-order valence-electron chi connectivity index (χ3n) is 4.45. The van der Waals surface area contributed by atoms with Crippen LogP contribution in [0.25, 0.3) is 11.3 Å². The fraction of sp³-hybridized carbons (Fsp3) is 0.421. The average molecular weight is 327 g/mol. The standard InChI is InChI=1S/C19H25N3O2/c1-4-13-10-15(16-6-5-7-19(20)21-16)18(23-3)11-17(13)24-14-8-9-22(2)12-14/h5-7,10-11,14H,4,8-9,12H2,1-3H3,(H2,20,21). The second-order valence-corrected chi connectivity index (χ2v) is 6.25. The van der Waals surface area contributed by atoms with Crippen LogP contribution in [0, 0.1) is 0 Å². The van der Waals surface area contributed by atoms with Gasteiger partial charge in [0.05, 0.1) is 12.8 Å². The van der Waals surface area contributed by atoms with E-state index in [0.717, 1.165) is 54.3 Å². The highest BCUT2D eigenvalue weighted by molar-refractivity contribution is 5.71. The molecule has 24 heavy (non-hydrogen) atoms. The summed E-state index contributed by atoms with van der Waals surface area (Å²) in [5, 5.41) is 0. The van der Waals surface area contributed by atoms with Crippen LogP contribution >= 0.6 is 0 Å². The minimum Gasteiger partial charge on any atom is -0.496 e. The second-order valence-electron chi connectivity index (χ2n) is 6.25. The number of ether oxygens (including phenoxy) is 2. The lowest BCUT2D eigenvalue weighted by Gasteiger charge is -2.19. The summed E-state index contributed by atoms with van der Waals surface area (Å²) in [6, 6.07) is 9.72. The first-order valence-corrected chi connectivity index (χ1v) is 8.39. The zero-order valence-electron chi connectivity index (χ0n) is 14.6. The second kappa shape index (κ2) is 7.09. The Morgan fingerprint density at radius 2 is 2.12 bits per heavy atom. The number of nitrogen functional groups attached to an aromatic ring is 1. The highest BCUT2D eigenvalue weighted by Crippen LogP contribution is 2.36. The molecular formula is C19H25N3O2. The van der Waals surface area contributed by atoms with E-state index in [1.807, 2.05) is 18.2 Å². The molecule has 3 rings (SSSR count). The summed E-state index contributed by atoms with van der Waals surface area (Å²) >= 11 is 0. The molecule has 1 aromatic heterocycles. The molecule has 2 heterocycles. The number of hydrogen-bond donors (Lipinski definition) is 1. The normalized spacial score (nSPS) is 17.9. The quantitative estimate of drug-likeness (QED) is 0.915. The first kappa shape index (κ1) is 16.6. The van der Waals surface area contributed by atoms with Crippen molar-refractivity contribution in [3.63, 3.8) is 0 Å². The van der Waals surface area contributed by atoms with Gasteiger partial charge in [-0.3, -0.25) is 0 Å². The number of benzene rings is 1. The van der Waals surface area contributed by atoms with Gasteiger partial charge >= 0.3 is 0 Å². The zero-order valence-corrected chi connectivity index (χ0v) is 14.6. The van der Waals surface area contributed by atoms with Crippen molar-refractivity contribution >= 4 is 5.82 Å². The number of nitrogens with zero attached hydrogens (tertiary/aromatic N) is 2. The van der Waals surface area contributed by atoms with Gasteiger partial charge in [-0.2, -0.15) is 0 Å². The lowest BCUT2D eigenvalue weighted by atomic mass is 10.0. The van der Waals surface area contributed by atoms with Gasteiger partial charge < -0.3 is 20.1 Å². The number of aryl methyl sites for hydroxylation is 1. The lowest BCUT2D eigenvalue weighted by Crippen LogP contribution is -2.21. The Hall–Kier alpha value is -2.27. The minimum atomic E-state index is 0.237. The van der Waals surface area contributed by atoms with Crippen LogP contribution in [0.5, 0.6) is 11.5 Å². The predicted octanol–water partition coefficient (Wildman–Crippen LogP) is 2.98. The van der Waals surface area contributed by atoms with Gasteiger partial charge in [0.1, 0.15) is 23.4 Å². The van der Waals surface area contributed by atoms with Crippen LogP contribution in [0.2, 0.25) is 0 Å². The molecule has 1 aliphatic rings.